The molecule has 8 heteroatoms. The second-order valence-corrected chi connectivity index (χ2v) is 5.99. The maximum Gasteiger partial charge on any atom is 0.237 e. The van der Waals surface area contributed by atoms with Gasteiger partial charge in [0.1, 0.15) is 6.33 Å². The molecule has 0 amide bonds. The van der Waals surface area contributed by atoms with Crippen molar-refractivity contribution >= 4 is 23.4 Å². The second-order valence-electron chi connectivity index (χ2n) is 4.61. The van der Waals surface area contributed by atoms with E-state index in [9.17, 15) is 0 Å². The quantitative estimate of drug-likeness (QED) is 0.642. The Labute approximate surface area is 136 Å². The van der Waals surface area contributed by atoms with Crippen LogP contribution in [-0.2, 0) is 12.2 Å². The Balaban J connectivity index is 1.72. The summed E-state index contributed by atoms with van der Waals surface area (Å²) in [5, 5.41) is 13.4. The largest absolute Gasteiger partial charge is 0.338 e. The summed E-state index contributed by atoms with van der Waals surface area (Å²) in [5.41, 5.74) is 0.914. The van der Waals surface area contributed by atoms with Gasteiger partial charge in [0.25, 0.3) is 0 Å². The molecule has 0 bridgehead atoms. The number of benzene rings is 1. The molecule has 0 aliphatic heterocycles. The van der Waals surface area contributed by atoms with Crippen molar-refractivity contribution < 1.29 is 4.52 Å². The molecule has 0 unspecified atom stereocenters. The lowest BCUT2D eigenvalue weighted by Crippen LogP contribution is -1.95. The van der Waals surface area contributed by atoms with Crippen LogP contribution in [0.4, 0.5) is 0 Å². The lowest BCUT2D eigenvalue weighted by molar-refractivity contribution is 0.384. The Morgan fingerprint density at radius 2 is 2.27 bits per heavy atom. The van der Waals surface area contributed by atoms with Gasteiger partial charge in [-0.05, 0) is 24.6 Å². The molecule has 0 fully saturated rings. The van der Waals surface area contributed by atoms with Gasteiger partial charge in [-0.3, -0.25) is 4.57 Å². The van der Waals surface area contributed by atoms with E-state index >= 15 is 0 Å². The standard InChI is InChI=1S/C14H14ClN5OS/c1-2-4-12-17-13(21-19-12)8-22-14-18-16-9-20(14)11-6-3-5-10(15)7-11/h3,5-7,9H,2,4,8H2,1H3. The van der Waals surface area contributed by atoms with E-state index in [0.29, 0.717) is 16.7 Å². The zero-order valence-corrected chi connectivity index (χ0v) is 13.5. The maximum absolute atomic E-state index is 6.03. The third-order valence-electron chi connectivity index (χ3n) is 2.91. The minimum atomic E-state index is 0.552. The Kier molecular flexibility index (Phi) is 4.74. The number of aryl methyl sites for hydroxylation is 1. The molecule has 2 aromatic heterocycles. The van der Waals surface area contributed by atoms with Crippen molar-refractivity contribution in [2.45, 2.75) is 30.7 Å². The molecule has 0 spiro atoms. The van der Waals surface area contributed by atoms with E-state index in [2.05, 4.69) is 27.3 Å². The minimum absolute atomic E-state index is 0.552. The van der Waals surface area contributed by atoms with Gasteiger partial charge in [-0.1, -0.05) is 41.5 Å². The van der Waals surface area contributed by atoms with Gasteiger partial charge in [0.15, 0.2) is 11.0 Å². The van der Waals surface area contributed by atoms with Crippen LogP contribution in [0.1, 0.15) is 25.1 Å². The van der Waals surface area contributed by atoms with Crippen molar-refractivity contribution in [3.8, 4) is 5.69 Å². The minimum Gasteiger partial charge on any atom is -0.338 e. The average Bonchev–Trinajstić information content (AvgIpc) is 3.14. The molecule has 0 radical (unpaired) electrons. The van der Waals surface area contributed by atoms with Gasteiger partial charge in [0.05, 0.1) is 11.4 Å². The molecule has 0 saturated carbocycles. The molecule has 0 aliphatic carbocycles. The molecule has 3 rings (SSSR count). The zero-order valence-electron chi connectivity index (χ0n) is 11.9. The van der Waals surface area contributed by atoms with Crippen LogP contribution in [0.15, 0.2) is 40.3 Å². The Hall–Kier alpha value is -1.86. The van der Waals surface area contributed by atoms with E-state index in [-0.39, 0.29) is 0 Å². The van der Waals surface area contributed by atoms with Gasteiger partial charge in [-0.2, -0.15) is 4.98 Å². The topological polar surface area (TPSA) is 69.6 Å². The van der Waals surface area contributed by atoms with Gasteiger partial charge in [0, 0.05) is 11.4 Å². The van der Waals surface area contributed by atoms with Gasteiger partial charge in [-0.15, -0.1) is 10.2 Å². The van der Waals surface area contributed by atoms with Crippen LogP contribution in [-0.4, -0.2) is 24.9 Å². The number of aromatic nitrogens is 5. The smallest absolute Gasteiger partial charge is 0.237 e. The number of halogens is 1. The molecule has 22 heavy (non-hydrogen) atoms. The van der Waals surface area contributed by atoms with Crippen LogP contribution in [0.25, 0.3) is 5.69 Å². The molecule has 114 valence electrons. The summed E-state index contributed by atoms with van der Waals surface area (Å²) in [6.07, 6.45) is 3.48. The summed E-state index contributed by atoms with van der Waals surface area (Å²) < 4.78 is 7.09. The summed E-state index contributed by atoms with van der Waals surface area (Å²) in [7, 11) is 0. The van der Waals surface area contributed by atoms with Crippen molar-refractivity contribution in [3.05, 3.63) is 47.3 Å². The van der Waals surface area contributed by atoms with Crippen LogP contribution >= 0.6 is 23.4 Å². The molecule has 0 aliphatic rings. The highest BCUT2D eigenvalue weighted by molar-refractivity contribution is 7.98. The highest BCUT2D eigenvalue weighted by atomic mass is 35.5. The molecular weight excluding hydrogens is 322 g/mol. The second kappa shape index (κ2) is 6.93. The van der Waals surface area contributed by atoms with Crippen molar-refractivity contribution in [1.29, 1.82) is 0 Å². The highest BCUT2D eigenvalue weighted by Gasteiger charge is 2.11. The lowest BCUT2D eigenvalue weighted by Gasteiger charge is -2.05. The van der Waals surface area contributed by atoms with Crippen molar-refractivity contribution in [2.24, 2.45) is 0 Å². The average molecular weight is 336 g/mol. The SMILES string of the molecule is CCCc1noc(CSc2nncn2-c2cccc(Cl)c2)n1. The maximum atomic E-state index is 6.03. The number of hydrogen-bond donors (Lipinski definition) is 0. The van der Waals surface area contributed by atoms with Crippen molar-refractivity contribution in [2.75, 3.05) is 0 Å². The monoisotopic (exact) mass is 335 g/mol. The number of thioether (sulfide) groups is 1. The normalized spacial score (nSPS) is 11.0. The Bertz CT molecular complexity index is 757. The van der Waals surface area contributed by atoms with Crippen molar-refractivity contribution in [1.82, 2.24) is 24.9 Å². The Morgan fingerprint density at radius 1 is 1.36 bits per heavy atom. The van der Waals surface area contributed by atoms with Crippen LogP contribution < -0.4 is 0 Å². The van der Waals surface area contributed by atoms with E-state index in [1.807, 2.05) is 28.8 Å². The molecule has 0 saturated heterocycles. The first kappa shape index (κ1) is 15.1. The predicted octanol–water partition coefficient (Wildman–Crippen LogP) is 3.55. The van der Waals surface area contributed by atoms with Crippen molar-refractivity contribution in [3.63, 3.8) is 0 Å². The highest BCUT2D eigenvalue weighted by Crippen LogP contribution is 2.24. The third-order valence-corrected chi connectivity index (χ3v) is 4.07. The molecule has 2 heterocycles. The number of rotatable bonds is 6. The molecule has 6 nitrogen and oxygen atoms in total. The summed E-state index contributed by atoms with van der Waals surface area (Å²) >= 11 is 7.51. The van der Waals surface area contributed by atoms with Crippen LogP contribution in [0, 0.1) is 0 Å². The zero-order chi connectivity index (χ0) is 15.4. The first-order valence-corrected chi connectivity index (χ1v) is 8.23. The third kappa shape index (κ3) is 3.48. The van der Waals surface area contributed by atoms with E-state index in [1.54, 1.807) is 6.33 Å². The molecule has 0 N–H and O–H groups in total. The van der Waals surface area contributed by atoms with Crippen LogP contribution in [0.2, 0.25) is 5.02 Å². The molecule has 1 aromatic carbocycles. The van der Waals surface area contributed by atoms with E-state index in [0.717, 1.165) is 29.5 Å². The fourth-order valence-electron chi connectivity index (χ4n) is 1.93. The van der Waals surface area contributed by atoms with Gasteiger partial charge >= 0.3 is 0 Å². The summed E-state index contributed by atoms with van der Waals surface area (Å²) in [5.74, 6) is 1.89. The molecular formula is C14H14ClN5OS. The van der Waals surface area contributed by atoms with Crippen LogP contribution in [0.3, 0.4) is 0 Å². The van der Waals surface area contributed by atoms with Gasteiger partial charge < -0.3 is 4.52 Å². The fraction of sp³-hybridized carbons (Fsp3) is 0.286. The van der Waals surface area contributed by atoms with Gasteiger partial charge in [-0.25, -0.2) is 0 Å². The molecule has 3 aromatic rings. The first-order valence-electron chi connectivity index (χ1n) is 6.86. The van der Waals surface area contributed by atoms with E-state index in [4.69, 9.17) is 16.1 Å². The summed E-state index contributed by atoms with van der Waals surface area (Å²) in [4.78, 5) is 4.34. The van der Waals surface area contributed by atoms with Crippen LogP contribution in [0.5, 0.6) is 0 Å². The summed E-state index contributed by atoms with van der Waals surface area (Å²) in [6, 6.07) is 7.53. The Morgan fingerprint density at radius 3 is 3.09 bits per heavy atom. The van der Waals surface area contributed by atoms with E-state index in [1.165, 1.54) is 11.8 Å². The number of hydrogen-bond acceptors (Lipinski definition) is 6. The fourth-order valence-corrected chi connectivity index (χ4v) is 2.88. The number of nitrogens with zero attached hydrogens (tertiary/aromatic N) is 5. The lowest BCUT2D eigenvalue weighted by atomic mass is 10.3. The first-order chi connectivity index (χ1) is 10.8. The van der Waals surface area contributed by atoms with E-state index < -0.39 is 0 Å². The molecule has 0 atom stereocenters. The summed E-state index contributed by atoms with van der Waals surface area (Å²) in [6.45, 7) is 2.08. The van der Waals surface area contributed by atoms with Gasteiger partial charge in [0.2, 0.25) is 5.89 Å². The predicted molar refractivity (Wildman–Crippen MR) is 84.2 cm³/mol.